The highest BCUT2D eigenvalue weighted by Crippen LogP contribution is 2.43. The molecule has 0 amide bonds. The molecule has 1 aliphatic carbocycles. The van der Waals surface area contributed by atoms with Crippen molar-refractivity contribution in [2.45, 2.75) is 25.7 Å². The third kappa shape index (κ3) is 2.52. The summed E-state index contributed by atoms with van der Waals surface area (Å²) in [5, 5.41) is 0. The van der Waals surface area contributed by atoms with E-state index >= 15 is 0 Å². The Bertz CT molecular complexity index is 722. The minimum absolute atomic E-state index is 0.573. The molecular weight excluding hydrogens is 336 g/mol. The van der Waals surface area contributed by atoms with Crippen LogP contribution in [0, 0.1) is 11.6 Å². The molecule has 0 saturated heterocycles. The van der Waals surface area contributed by atoms with Crippen LogP contribution in [-0.2, 0) is 0 Å². The third-order valence-electron chi connectivity index (χ3n) is 3.49. The number of halogens is 1. The molecular formula is C15H15BrN2OS. The van der Waals surface area contributed by atoms with E-state index < -0.39 is 0 Å². The highest BCUT2D eigenvalue weighted by atomic mass is 79.9. The molecule has 1 aromatic heterocycles. The van der Waals surface area contributed by atoms with E-state index in [1.54, 1.807) is 7.11 Å². The quantitative estimate of drug-likeness (QED) is 0.810. The number of aryl methyl sites for hydroxylation is 1. The van der Waals surface area contributed by atoms with Crippen LogP contribution in [0.4, 0.5) is 0 Å². The predicted molar refractivity (Wildman–Crippen MR) is 85.8 cm³/mol. The standard InChI is InChI=1S/C15H15BrN2OS/c1-8-3-6-10(11(7-8)19-2)14-17-13(9-4-5-9)12(16)15(20)18-14/h3,6-7,9H,4-5H2,1-2H3,(H,17,18,20). The lowest BCUT2D eigenvalue weighted by Crippen LogP contribution is -1.99. The van der Waals surface area contributed by atoms with E-state index in [4.69, 9.17) is 17.0 Å². The summed E-state index contributed by atoms with van der Waals surface area (Å²) in [7, 11) is 1.67. The fourth-order valence-electron chi connectivity index (χ4n) is 2.25. The molecule has 3 nitrogen and oxygen atoms in total. The zero-order valence-electron chi connectivity index (χ0n) is 11.4. The van der Waals surface area contributed by atoms with Crippen molar-refractivity contribution in [3.63, 3.8) is 0 Å². The average Bonchev–Trinajstić information content (AvgIpc) is 3.26. The van der Waals surface area contributed by atoms with E-state index in [1.807, 2.05) is 19.1 Å². The molecule has 0 bridgehead atoms. The van der Waals surface area contributed by atoms with Crippen molar-refractivity contribution < 1.29 is 4.74 Å². The van der Waals surface area contributed by atoms with Crippen LogP contribution in [0.3, 0.4) is 0 Å². The molecule has 1 aliphatic rings. The molecule has 1 N–H and O–H groups in total. The number of benzene rings is 1. The molecule has 0 atom stereocenters. The number of aromatic nitrogens is 2. The summed E-state index contributed by atoms with van der Waals surface area (Å²) < 4.78 is 6.98. The zero-order valence-corrected chi connectivity index (χ0v) is 13.8. The number of nitrogens with zero attached hydrogens (tertiary/aromatic N) is 1. The third-order valence-corrected chi connectivity index (χ3v) is 4.85. The van der Waals surface area contributed by atoms with Crippen molar-refractivity contribution in [1.82, 2.24) is 9.97 Å². The van der Waals surface area contributed by atoms with Gasteiger partial charge in [0.2, 0.25) is 0 Å². The highest BCUT2D eigenvalue weighted by molar-refractivity contribution is 9.10. The minimum Gasteiger partial charge on any atom is -0.496 e. The normalized spacial score (nSPS) is 14.3. The number of methoxy groups -OCH3 is 1. The maximum absolute atomic E-state index is 5.46. The zero-order chi connectivity index (χ0) is 14.3. The van der Waals surface area contributed by atoms with Crippen LogP contribution in [0.25, 0.3) is 11.4 Å². The molecule has 0 spiro atoms. The fourth-order valence-corrected chi connectivity index (χ4v) is 2.96. The van der Waals surface area contributed by atoms with Crippen LogP contribution in [0.1, 0.15) is 30.0 Å². The monoisotopic (exact) mass is 350 g/mol. The van der Waals surface area contributed by atoms with Crippen LogP contribution in [0.5, 0.6) is 5.75 Å². The highest BCUT2D eigenvalue weighted by Gasteiger charge is 2.28. The van der Waals surface area contributed by atoms with Gasteiger partial charge < -0.3 is 9.72 Å². The number of H-pyrrole nitrogens is 1. The van der Waals surface area contributed by atoms with Gasteiger partial charge in [0, 0.05) is 11.6 Å². The van der Waals surface area contributed by atoms with Crippen molar-refractivity contribution in [2.75, 3.05) is 7.11 Å². The van der Waals surface area contributed by atoms with E-state index in [0.717, 1.165) is 32.9 Å². The first-order chi connectivity index (χ1) is 9.60. The molecule has 5 heteroatoms. The number of nitrogens with one attached hydrogen (secondary N) is 1. The molecule has 0 aliphatic heterocycles. The van der Waals surface area contributed by atoms with Crippen molar-refractivity contribution in [2.24, 2.45) is 0 Å². The molecule has 3 rings (SSSR count). The first kappa shape index (κ1) is 13.8. The first-order valence-corrected chi connectivity index (χ1v) is 7.75. The summed E-state index contributed by atoms with van der Waals surface area (Å²) in [5.41, 5.74) is 3.25. The van der Waals surface area contributed by atoms with Gasteiger partial charge in [-0.05, 0) is 53.4 Å². The average molecular weight is 351 g/mol. The molecule has 1 saturated carbocycles. The second-order valence-electron chi connectivity index (χ2n) is 5.10. The van der Waals surface area contributed by atoms with Gasteiger partial charge in [-0.1, -0.05) is 18.3 Å². The van der Waals surface area contributed by atoms with Crippen molar-refractivity contribution >= 4 is 28.1 Å². The van der Waals surface area contributed by atoms with Gasteiger partial charge in [-0.2, -0.15) is 0 Å². The van der Waals surface area contributed by atoms with Crippen LogP contribution in [0.2, 0.25) is 0 Å². The summed E-state index contributed by atoms with van der Waals surface area (Å²) in [6, 6.07) is 6.08. The molecule has 20 heavy (non-hydrogen) atoms. The SMILES string of the molecule is COc1cc(C)ccc1-c1nc(=S)c(Br)c(C2CC2)[nH]1. The van der Waals surface area contributed by atoms with Crippen molar-refractivity contribution in [1.29, 1.82) is 0 Å². The Balaban J connectivity index is 2.17. The fraction of sp³-hybridized carbons (Fsp3) is 0.333. The van der Waals surface area contributed by atoms with Gasteiger partial charge >= 0.3 is 0 Å². The number of ether oxygens (including phenoxy) is 1. The van der Waals surface area contributed by atoms with Crippen molar-refractivity contribution in [3.8, 4) is 17.1 Å². The summed E-state index contributed by atoms with van der Waals surface area (Å²) in [6.45, 7) is 2.04. The molecule has 1 fully saturated rings. The smallest absolute Gasteiger partial charge is 0.144 e. The maximum Gasteiger partial charge on any atom is 0.144 e. The van der Waals surface area contributed by atoms with E-state index in [-0.39, 0.29) is 0 Å². The molecule has 2 aromatic rings. The van der Waals surface area contributed by atoms with Gasteiger partial charge in [-0.15, -0.1) is 0 Å². The Morgan fingerprint density at radius 2 is 2.15 bits per heavy atom. The van der Waals surface area contributed by atoms with Gasteiger partial charge in [-0.25, -0.2) is 4.98 Å². The number of aromatic amines is 1. The van der Waals surface area contributed by atoms with Crippen molar-refractivity contribution in [3.05, 3.63) is 38.6 Å². The van der Waals surface area contributed by atoms with Gasteiger partial charge in [0.05, 0.1) is 17.1 Å². The summed E-state index contributed by atoms with van der Waals surface area (Å²) >= 11 is 8.91. The van der Waals surface area contributed by atoms with E-state index in [2.05, 4.69) is 32.0 Å². The Morgan fingerprint density at radius 1 is 1.40 bits per heavy atom. The van der Waals surface area contributed by atoms with Crippen LogP contribution < -0.4 is 4.74 Å². The molecule has 1 aromatic carbocycles. The Labute approximate surface area is 131 Å². The van der Waals surface area contributed by atoms with E-state index in [0.29, 0.717) is 10.6 Å². The van der Waals surface area contributed by atoms with Gasteiger partial charge in [0.25, 0.3) is 0 Å². The first-order valence-electron chi connectivity index (χ1n) is 6.55. The van der Waals surface area contributed by atoms with Gasteiger partial charge in [0.15, 0.2) is 0 Å². The molecule has 1 heterocycles. The lowest BCUT2D eigenvalue weighted by Gasteiger charge is -2.11. The lowest BCUT2D eigenvalue weighted by molar-refractivity contribution is 0.416. The van der Waals surface area contributed by atoms with Crippen LogP contribution >= 0.6 is 28.1 Å². The van der Waals surface area contributed by atoms with Crippen LogP contribution in [-0.4, -0.2) is 17.1 Å². The van der Waals surface area contributed by atoms with Gasteiger partial charge in [-0.3, -0.25) is 0 Å². The number of rotatable bonds is 3. The number of hydrogen-bond donors (Lipinski definition) is 1. The minimum atomic E-state index is 0.573. The summed E-state index contributed by atoms with van der Waals surface area (Å²) in [5.74, 6) is 2.16. The second kappa shape index (κ2) is 5.30. The molecule has 0 unspecified atom stereocenters. The molecule has 0 radical (unpaired) electrons. The largest absolute Gasteiger partial charge is 0.496 e. The Morgan fingerprint density at radius 3 is 2.80 bits per heavy atom. The van der Waals surface area contributed by atoms with Gasteiger partial charge in [0.1, 0.15) is 16.2 Å². The topological polar surface area (TPSA) is 37.9 Å². The van der Waals surface area contributed by atoms with Crippen LogP contribution in [0.15, 0.2) is 22.7 Å². The lowest BCUT2D eigenvalue weighted by atomic mass is 10.1. The summed E-state index contributed by atoms with van der Waals surface area (Å²) in [6.07, 6.45) is 2.41. The number of hydrogen-bond acceptors (Lipinski definition) is 3. The van der Waals surface area contributed by atoms with E-state index in [9.17, 15) is 0 Å². The second-order valence-corrected chi connectivity index (χ2v) is 6.28. The van der Waals surface area contributed by atoms with E-state index in [1.165, 1.54) is 12.8 Å². The Hall–Kier alpha value is -1.20. The molecule has 104 valence electrons. The maximum atomic E-state index is 5.46. The summed E-state index contributed by atoms with van der Waals surface area (Å²) in [4.78, 5) is 7.91. The predicted octanol–water partition coefficient (Wildman–Crippen LogP) is 4.76. The Kier molecular flexibility index (Phi) is 3.65.